The lowest BCUT2D eigenvalue weighted by molar-refractivity contribution is 0.860. The average Bonchev–Trinajstić information content (AvgIpc) is 3.14. The number of hydrogen-bond acceptors (Lipinski definition) is 7. The largest absolute Gasteiger partial charge is 0.265 e. The molecule has 0 fully saturated rings. The molecule has 3 aromatic rings. The van der Waals surface area contributed by atoms with Crippen molar-refractivity contribution in [3.63, 3.8) is 0 Å². The summed E-state index contributed by atoms with van der Waals surface area (Å²) in [5.41, 5.74) is 2.07. The molecule has 0 unspecified atom stereocenters. The summed E-state index contributed by atoms with van der Waals surface area (Å²) >= 11 is 12.0. The normalized spacial score (nSPS) is 11.0. The summed E-state index contributed by atoms with van der Waals surface area (Å²) in [7, 11) is 0. The van der Waals surface area contributed by atoms with Gasteiger partial charge in [0.25, 0.3) is 5.95 Å². The molecule has 126 valence electrons. The number of H-pyrrole nitrogens is 1. The number of thioether (sulfide) groups is 1. The Labute approximate surface area is 154 Å². The standard InChI is InChI=1S/C13H12ClN7S2.CH4/c1-7-10(16-17-12-15-13(23-2)19-18-12)6-21(20-7)11-5-8(22)3-4-9(11)14;/h3-6,22H,1-2H3,(H,15,18,19);1H4. The lowest BCUT2D eigenvalue weighted by Gasteiger charge is -2.04. The quantitative estimate of drug-likeness (QED) is 0.377. The van der Waals surface area contributed by atoms with Gasteiger partial charge in [0.15, 0.2) is 0 Å². The molecule has 0 aliphatic carbocycles. The van der Waals surface area contributed by atoms with Crippen LogP contribution in [0, 0.1) is 6.92 Å². The fraction of sp³-hybridized carbons (Fsp3) is 0.214. The van der Waals surface area contributed by atoms with Gasteiger partial charge in [-0.1, -0.05) is 30.8 Å². The number of rotatable bonds is 4. The van der Waals surface area contributed by atoms with Crippen LogP contribution >= 0.6 is 36.0 Å². The maximum atomic E-state index is 6.21. The monoisotopic (exact) mass is 381 g/mol. The van der Waals surface area contributed by atoms with Crippen molar-refractivity contribution in [1.29, 1.82) is 0 Å². The van der Waals surface area contributed by atoms with E-state index in [9.17, 15) is 0 Å². The minimum atomic E-state index is 0. The Balaban J connectivity index is 0.00000208. The molecule has 0 saturated carbocycles. The van der Waals surface area contributed by atoms with Gasteiger partial charge >= 0.3 is 0 Å². The first-order valence-electron chi connectivity index (χ1n) is 6.50. The highest BCUT2D eigenvalue weighted by Gasteiger charge is 2.09. The van der Waals surface area contributed by atoms with Gasteiger partial charge in [0.1, 0.15) is 5.69 Å². The summed E-state index contributed by atoms with van der Waals surface area (Å²) < 4.78 is 1.65. The topological polar surface area (TPSA) is 84.1 Å². The maximum absolute atomic E-state index is 6.21. The molecular weight excluding hydrogens is 366 g/mol. The fourth-order valence-electron chi connectivity index (χ4n) is 1.82. The zero-order valence-electron chi connectivity index (χ0n) is 12.2. The molecule has 24 heavy (non-hydrogen) atoms. The second kappa shape index (κ2) is 7.82. The van der Waals surface area contributed by atoms with Crippen LogP contribution in [0.2, 0.25) is 5.02 Å². The summed E-state index contributed by atoms with van der Waals surface area (Å²) in [5.74, 6) is 0.344. The van der Waals surface area contributed by atoms with Crippen molar-refractivity contribution in [3.05, 3.63) is 35.1 Å². The van der Waals surface area contributed by atoms with Crippen LogP contribution < -0.4 is 0 Å². The van der Waals surface area contributed by atoms with E-state index >= 15 is 0 Å². The van der Waals surface area contributed by atoms with Crippen molar-refractivity contribution < 1.29 is 0 Å². The van der Waals surface area contributed by atoms with Crippen LogP contribution in [0.4, 0.5) is 11.6 Å². The Morgan fingerprint density at radius 2 is 2.12 bits per heavy atom. The Hall–Kier alpha value is -1.84. The maximum Gasteiger partial charge on any atom is 0.265 e. The smallest absolute Gasteiger partial charge is 0.241 e. The number of aryl methyl sites for hydroxylation is 1. The molecule has 3 rings (SSSR count). The Kier molecular flexibility index (Phi) is 6.03. The number of azo groups is 1. The van der Waals surface area contributed by atoms with E-state index in [-0.39, 0.29) is 7.43 Å². The van der Waals surface area contributed by atoms with Crippen LogP contribution in [0.3, 0.4) is 0 Å². The molecule has 0 radical (unpaired) electrons. The van der Waals surface area contributed by atoms with E-state index in [2.05, 4.69) is 43.1 Å². The SMILES string of the molecule is C.CSc1n[nH]c(N=Nc2cn(-c3cc(S)ccc3Cl)nc2C)n1. The van der Waals surface area contributed by atoms with Crippen LogP contribution in [0.15, 0.2) is 44.7 Å². The van der Waals surface area contributed by atoms with Crippen molar-refractivity contribution in [2.24, 2.45) is 10.2 Å². The Morgan fingerprint density at radius 3 is 2.83 bits per heavy atom. The third-order valence-electron chi connectivity index (χ3n) is 2.94. The molecule has 1 N–H and O–H groups in total. The summed E-state index contributed by atoms with van der Waals surface area (Å²) in [5, 5.41) is 20.5. The van der Waals surface area contributed by atoms with E-state index in [1.165, 1.54) is 11.8 Å². The van der Waals surface area contributed by atoms with Crippen molar-refractivity contribution >= 4 is 47.6 Å². The van der Waals surface area contributed by atoms with E-state index in [0.29, 0.717) is 21.8 Å². The predicted octanol–water partition coefficient (Wildman–Crippen LogP) is 5.01. The zero-order valence-corrected chi connectivity index (χ0v) is 14.7. The summed E-state index contributed by atoms with van der Waals surface area (Å²) in [6.07, 6.45) is 3.64. The van der Waals surface area contributed by atoms with Crippen molar-refractivity contribution in [2.45, 2.75) is 24.4 Å². The first kappa shape index (κ1) is 18.5. The lowest BCUT2D eigenvalue weighted by atomic mass is 10.3. The van der Waals surface area contributed by atoms with Gasteiger partial charge in [0.2, 0.25) is 5.16 Å². The number of hydrogen-bond donors (Lipinski definition) is 2. The second-order valence-electron chi connectivity index (χ2n) is 4.53. The Bertz CT molecular complexity index is 872. The number of halogens is 1. The van der Waals surface area contributed by atoms with E-state index in [0.717, 1.165) is 16.3 Å². The van der Waals surface area contributed by atoms with Gasteiger partial charge in [-0.25, -0.2) is 9.78 Å². The van der Waals surface area contributed by atoms with Crippen LogP contribution in [-0.4, -0.2) is 31.2 Å². The lowest BCUT2D eigenvalue weighted by Crippen LogP contribution is -1.95. The van der Waals surface area contributed by atoms with Crippen LogP contribution in [-0.2, 0) is 0 Å². The fourth-order valence-corrected chi connectivity index (χ4v) is 2.54. The molecule has 7 nitrogen and oxygen atoms in total. The zero-order chi connectivity index (χ0) is 16.4. The van der Waals surface area contributed by atoms with Gasteiger partial charge in [-0.15, -0.1) is 28.0 Å². The van der Waals surface area contributed by atoms with Crippen molar-refractivity contribution in [3.8, 4) is 5.69 Å². The minimum absolute atomic E-state index is 0. The summed E-state index contributed by atoms with van der Waals surface area (Å²) in [4.78, 5) is 4.94. The molecule has 2 aromatic heterocycles. The van der Waals surface area contributed by atoms with Gasteiger partial charge in [-0.2, -0.15) is 10.1 Å². The molecular formula is C14H16ClN7S2. The van der Waals surface area contributed by atoms with Crippen LogP contribution in [0.1, 0.15) is 13.1 Å². The predicted molar refractivity (Wildman–Crippen MR) is 99.6 cm³/mol. The van der Waals surface area contributed by atoms with E-state index in [1.807, 2.05) is 25.3 Å². The van der Waals surface area contributed by atoms with Crippen LogP contribution in [0.25, 0.3) is 5.69 Å². The minimum Gasteiger partial charge on any atom is -0.241 e. The molecule has 2 heterocycles. The number of nitrogens with zero attached hydrogens (tertiary/aromatic N) is 6. The van der Waals surface area contributed by atoms with Gasteiger partial charge in [0, 0.05) is 4.90 Å². The number of nitrogens with one attached hydrogen (secondary N) is 1. The van der Waals surface area contributed by atoms with Gasteiger partial charge < -0.3 is 0 Å². The summed E-state index contributed by atoms with van der Waals surface area (Å²) in [6, 6.07) is 5.43. The average molecular weight is 382 g/mol. The molecule has 0 amide bonds. The molecule has 1 aromatic carbocycles. The molecule has 0 spiro atoms. The van der Waals surface area contributed by atoms with E-state index in [4.69, 9.17) is 11.6 Å². The number of thiol groups is 1. The van der Waals surface area contributed by atoms with Crippen LogP contribution in [0.5, 0.6) is 0 Å². The highest BCUT2D eigenvalue weighted by molar-refractivity contribution is 7.98. The first-order valence-corrected chi connectivity index (χ1v) is 8.55. The molecule has 0 bridgehead atoms. The molecule has 0 aliphatic heterocycles. The van der Waals surface area contributed by atoms with Crippen molar-refractivity contribution in [1.82, 2.24) is 25.0 Å². The molecule has 0 aliphatic rings. The number of benzene rings is 1. The number of aromatic amines is 1. The first-order chi connectivity index (χ1) is 11.1. The third-order valence-corrected chi connectivity index (χ3v) is 4.08. The van der Waals surface area contributed by atoms with E-state index < -0.39 is 0 Å². The molecule has 0 atom stereocenters. The summed E-state index contributed by atoms with van der Waals surface area (Å²) in [6.45, 7) is 1.84. The van der Waals surface area contributed by atoms with Gasteiger partial charge in [-0.05, 0) is 31.4 Å². The highest BCUT2D eigenvalue weighted by Crippen LogP contribution is 2.27. The molecule has 10 heteroatoms. The third kappa shape index (κ3) is 3.97. The van der Waals surface area contributed by atoms with Gasteiger partial charge in [-0.3, -0.25) is 0 Å². The number of aromatic nitrogens is 5. The molecule has 0 saturated heterocycles. The Morgan fingerprint density at radius 1 is 1.33 bits per heavy atom. The highest BCUT2D eigenvalue weighted by atomic mass is 35.5. The van der Waals surface area contributed by atoms with Gasteiger partial charge in [0.05, 0.1) is 22.6 Å². The van der Waals surface area contributed by atoms with Crippen molar-refractivity contribution in [2.75, 3.05) is 6.26 Å². The second-order valence-corrected chi connectivity index (χ2v) is 6.22. The van der Waals surface area contributed by atoms with E-state index in [1.54, 1.807) is 16.9 Å².